The average molecular weight is 203 g/mol. The molecule has 0 saturated carbocycles. The third kappa shape index (κ3) is 4.25. The van der Waals surface area contributed by atoms with Gasteiger partial charge in [0.1, 0.15) is 0 Å². The van der Waals surface area contributed by atoms with Crippen LogP contribution in [0.2, 0.25) is 18.1 Å². The highest BCUT2D eigenvalue weighted by Crippen LogP contribution is 2.36. The maximum Gasteiger partial charge on any atom is 0.192 e. The second-order valence-corrected chi connectivity index (χ2v) is 10.0. The maximum atomic E-state index is 5.96. The fourth-order valence-electron chi connectivity index (χ4n) is 0.650. The summed E-state index contributed by atoms with van der Waals surface area (Å²) in [6.07, 6.45) is 0.995. The van der Waals surface area contributed by atoms with Gasteiger partial charge in [0.05, 0.1) is 0 Å². The number of nitrogens with two attached hydrogens (primary N) is 1. The van der Waals surface area contributed by atoms with Gasteiger partial charge in [-0.3, -0.25) is 0 Å². The molecule has 0 aliphatic carbocycles. The van der Waals surface area contributed by atoms with Crippen molar-refractivity contribution in [2.75, 3.05) is 6.61 Å². The molecule has 13 heavy (non-hydrogen) atoms. The lowest BCUT2D eigenvalue weighted by Crippen LogP contribution is -2.43. The minimum atomic E-state index is -1.56. The highest BCUT2D eigenvalue weighted by atomic mass is 28.4. The van der Waals surface area contributed by atoms with Crippen LogP contribution < -0.4 is 5.73 Å². The minimum Gasteiger partial charge on any atom is -0.415 e. The monoisotopic (exact) mass is 203 g/mol. The molecular weight excluding hydrogens is 178 g/mol. The van der Waals surface area contributed by atoms with E-state index in [1.54, 1.807) is 0 Å². The zero-order chi connectivity index (χ0) is 10.7. The molecule has 1 atom stereocenters. The quantitative estimate of drug-likeness (QED) is 0.713. The Hall–Kier alpha value is 0.137. The molecule has 0 aromatic heterocycles. The maximum absolute atomic E-state index is 5.96. The summed E-state index contributed by atoms with van der Waals surface area (Å²) in [5.74, 6) is 0. The summed E-state index contributed by atoms with van der Waals surface area (Å²) in [7, 11) is -1.56. The normalized spacial score (nSPS) is 15.9. The highest BCUT2D eigenvalue weighted by molar-refractivity contribution is 6.74. The molecule has 0 heterocycles. The molecule has 0 spiro atoms. The van der Waals surface area contributed by atoms with Crippen molar-refractivity contribution in [1.29, 1.82) is 0 Å². The van der Waals surface area contributed by atoms with Gasteiger partial charge < -0.3 is 10.2 Å². The van der Waals surface area contributed by atoms with Crippen molar-refractivity contribution in [2.45, 2.75) is 58.3 Å². The van der Waals surface area contributed by atoms with Crippen molar-refractivity contribution in [2.24, 2.45) is 5.73 Å². The Balaban J connectivity index is 4.04. The van der Waals surface area contributed by atoms with Gasteiger partial charge >= 0.3 is 0 Å². The van der Waals surface area contributed by atoms with Gasteiger partial charge in [0.25, 0.3) is 0 Å². The topological polar surface area (TPSA) is 35.2 Å². The Bertz CT molecular complexity index is 151. The third-order valence-electron chi connectivity index (χ3n) is 2.99. The van der Waals surface area contributed by atoms with Gasteiger partial charge in [-0.05, 0) is 24.6 Å². The summed E-state index contributed by atoms with van der Waals surface area (Å²) >= 11 is 0. The van der Waals surface area contributed by atoms with Gasteiger partial charge in [-0.2, -0.15) is 0 Å². The molecule has 80 valence electrons. The van der Waals surface area contributed by atoms with E-state index in [2.05, 4.69) is 40.8 Å². The van der Waals surface area contributed by atoms with Crippen LogP contribution >= 0.6 is 0 Å². The van der Waals surface area contributed by atoms with Crippen molar-refractivity contribution < 1.29 is 4.43 Å². The Labute approximate surface area is 84.0 Å². The Morgan fingerprint density at radius 1 is 1.31 bits per heavy atom. The van der Waals surface area contributed by atoms with Crippen LogP contribution in [-0.4, -0.2) is 21.0 Å². The minimum absolute atomic E-state index is 0.203. The molecule has 0 radical (unpaired) electrons. The molecule has 0 saturated heterocycles. The molecule has 0 aromatic carbocycles. The van der Waals surface area contributed by atoms with E-state index in [1.807, 2.05) is 0 Å². The molecule has 0 aliphatic heterocycles. The molecule has 0 aliphatic rings. The molecular formula is C10H25NOSi. The van der Waals surface area contributed by atoms with E-state index >= 15 is 0 Å². The van der Waals surface area contributed by atoms with Crippen molar-refractivity contribution in [1.82, 2.24) is 0 Å². The van der Waals surface area contributed by atoms with E-state index < -0.39 is 8.32 Å². The standard InChI is InChI=1S/C10H25NOSi/c1-7-9(11)8-12-13(5,6)10(2,3)4/h9H,7-8,11H2,1-6H3/t9-/m1/s1. The van der Waals surface area contributed by atoms with Crippen LogP contribution in [0.1, 0.15) is 34.1 Å². The van der Waals surface area contributed by atoms with E-state index in [-0.39, 0.29) is 6.04 Å². The van der Waals surface area contributed by atoms with E-state index in [0.717, 1.165) is 6.42 Å². The Morgan fingerprint density at radius 3 is 2.08 bits per heavy atom. The van der Waals surface area contributed by atoms with Crippen LogP contribution in [0, 0.1) is 0 Å². The fraction of sp³-hybridized carbons (Fsp3) is 1.00. The predicted molar refractivity (Wildman–Crippen MR) is 61.4 cm³/mol. The Morgan fingerprint density at radius 2 is 1.77 bits per heavy atom. The van der Waals surface area contributed by atoms with Crippen LogP contribution in [0.3, 0.4) is 0 Å². The SMILES string of the molecule is CC[C@@H](N)CO[Si](C)(C)C(C)(C)C. The zero-order valence-corrected chi connectivity index (χ0v) is 11.0. The van der Waals surface area contributed by atoms with E-state index in [1.165, 1.54) is 0 Å². The summed E-state index contributed by atoms with van der Waals surface area (Å²) in [5.41, 5.74) is 5.82. The fourth-order valence-corrected chi connectivity index (χ4v) is 1.71. The molecule has 0 aromatic rings. The van der Waals surface area contributed by atoms with E-state index in [4.69, 9.17) is 10.2 Å². The average Bonchev–Trinajstić information content (AvgIpc) is 1.98. The lowest BCUT2D eigenvalue weighted by atomic mass is 10.2. The molecule has 2 nitrogen and oxygen atoms in total. The molecule has 2 N–H and O–H groups in total. The van der Waals surface area contributed by atoms with Gasteiger partial charge in [0, 0.05) is 12.6 Å². The second kappa shape index (κ2) is 4.58. The third-order valence-corrected chi connectivity index (χ3v) is 7.49. The second-order valence-electron chi connectivity index (χ2n) is 5.24. The first-order chi connectivity index (χ1) is 5.70. The van der Waals surface area contributed by atoms with Crippen LogP contribution in [0.25, 0.3) is 0 Å². The lowest BCUT2D eigenvalue weighted by molar-refractivity contribution is 0.260. The van der Waals surface area contributed by atoms with Gasteiger partial charge in [0.2, 0.25) is 0 Å². The summed E-state index contributed by atoms with van der Waals surface area (Å²) in [4.78, 5) is 0. The Kier molecular flexibility index (Phi) is 4.62. The summed E-state index contributed by atoms with van der Waals surface area (Å²) in [6.45, 7) is 14.1. The van der Waals surface area contributed by atoms with Gasteiger partial charge in [-0.15, -0.1) is 0 Å². The first-order valence-electron chi connectivity index (χ1n) is 5.10. The van der Waals surface area contributed by atoms with E-state index in [0.29, 0.717) is 11.6 Å². The molecule has 0 amide bonds. The molecule has 0 bridgehead atoms. The van der Waals surface area contributed by atoms with Crippen molar-refractivity contribution in [3.05, 3.63) is 0 Å². The van der Waals surface area contributed by atoms with Gasteiger partial charge in [-0.25, -0.2) is 0 Å². The molecule has 0 fully saturated rings. The van der Waals surface area contributed by atoms with Crippen LogP contribution in [0.15, 0.2) is 0 Å². The molecule has 3 heteroatoms. The lowest BCUT2D eigenvalue weighted by Gasteiger charge is -2.36. The first-order valence-corrected chi connectivity index (χ1v) is 8.01. The predicted octanol–water partition coefficient (Wildman–Crippen LogP) is 2.75. The number of rotatable bonds is 4. The van der Waals surface area contributed by atoms with Crippen molar-refractivity contribution >= 4 is 8.32 Å². The summed E-state index contributed by atoms with van der Waals surface area (Å²) < 4.78 is 5.96. The number of hydrogen-bond acceptors (Lipinski definition) is 2. The highest BCUT2D eigenvalue weighted by Gasteiger charge is 2.37. The van der Waals surface area contributed by atoms with Gasteiger partial charge in [0.15, 0.2) is 8.32 Å². The zero-order valence-electron chi connectivity index (χ0n) is 9.98. The number of hydrogen-bond donors (Lipinski definition) is 1. The largest absolute Gasteiger partial charge is 0.415 e. The smallest absolute Gasteiger partial charge is 0.192 e. The summed E-state index contributed by atoms with van der Waals surface area (Å²) in [5, 5.41) is 0.292. The van der Waals surface area contributed by atoms with E-state index in [9.17, 15) is 0 Å². The molecule has 0 unspecified atom stereocenters. The first kappa shape index (κ1) is 13.1. The van der Waals surface area contributed by atoms with Crippen molar-refractivity contribution in [3.8, 4) is 0 Å². The molecule has 0 rings (SSSR count). The van der Waals surface area contributed by atoms with Crippen molar-refractivity contribution in [3.63, 3.8) is 0 Å². The van der Waals surface area contributed by atoms with Crippen LogP contribution in [-0.2, 0) is 4.43 Å². The van der Waals surface area contributed by atoms with Crippen LogP contribution in [0.5, 0.6) is 0 Å². The van der Waals surface area contributed by atoms with Gasteiger partial charge in [-0.1, -0.05) is 27.7 Å². The summed E-state index contributed by atoms with van der Waals surface area (Å²) in [6, 6.07) is 0.203. The van der Waals surface area contributed by atoms with Crippen LogP contribution in [0.4, 0.5) is 0 Å².